The van der Waals surface area contributed by atoms with E-state index in [4.69, 9.17) is 9.97 Å². The van der Waals surface area contributed by atoms with Gasteiger partial charge in [-0.05, 0) is 38.8 Å². The number of hydrogen-bond acceptors (Lipinski definition) is 8. The fourth-order valence-electron chi connectivity index (χ4n) is 4.27. The molecule has 1 aliphatic carbocycles. The minimum atomic E-state index is 0.870. The number of hydrogen-bond donors (Lipinski definition) is 0. The number of fused-ring (bicyclic) bond motifs is 1. The summed E-state index contributed by atoms with van der Waals surface area (Å²) < 4.78 is 0. The zero-order chi connectivity index (χ0) is 18.9. The highest BCUT2D eigenvalue weighted by molar-refractivity contribution is 7.15. The molecule has 3 aliphatic rings. The molecule has 0 N–H and O–H groups in total. The van der Waals surface area contributed by atoms with Crippen LogP contribution < -0.4 is 14.7 Å². The van der Waals surface area contributed by atoms with Crippen molar-refractivity contribution in [3.63, 3.8) is 0 Å². The zero-order valence-corrected chi connectivity index (χ0v) is 17.5. The first-order valence-corrected chi connectivity index (χ1v) is 11.3. The lowest BCUT2D eigenvalue weighted by Crippen LogP contribution is -2.47. The van der Waals surface area contributed by atoms with Gasteiger partial charge in [0.15, 0.2) is 5.13 Å². The molecule has 0 atom stereocenters. The van der Waals surface area contributed by atoms with Gasteiger partial charge in [0.2, 0.25) is 5.95 Å². The summed E-state index contributed by atoms with van der Waals surface area (Å²) in [5.41, 5.74) is 1.36. The Morgan fingerprint density at radius 1 is 0.821 bits per heavy atom. The van der Waals surface area contributed by atoms with E-state index in [9.17, 15) is 0 Å². The molecule has 4 heterocycles. The van der Waals surface area contributed by atoms with E-state index < -0.39 is 0 Å². The second kappa shape index (κ2) is 7.83. The minimum absolute atomic E-state index is 0.870. The first-order chi connectivity index (χ1) is 13.8. The number of likely N-dealkylation sites (N-methyl/N-ethyl adjacent to an activating group) is 1. The summed E-state index contributed by atoms with van der Waals surface area (Å²) in [6.45, 7) is 8.16. The molecule has 150 valence electrons. The van der Waals surface area contributed by atoms with Gasteiger partial charge in [-0.25, -0.2) is 9.97 Å². The Bertz CT molecular complexity index is 783. The van der Waals surface area contributed by atoms with Crippen LogP contribution in [0.5, 0.6) is 0 Å². The third-order valence-corrected chi connectivity index (χ3v) is 7.34. The van der Waals surface area contributed by atoms with Gasteiger partial charge in [-0.15, -0.1) is 11.3 Å². The third-order valence-electron chi connectivity index (χ3n) is 6.12. The molecule has 5 rings (SSSR count). The monoisotopic (exact) mass is 399 g/mol. The highest BCUT2D eigenvalue weighted by Crippen LogP contribution is 2.32. The molecule has 2 aliphatic heterocycles. The Kier molecular flexibility index (Phi) is 5.07. The summed E-state index contributed by atoms with van der Waals surface area (Å²) in [4.78, 5) is 25.4. The number of aryl methyl sites for hydroxylation is 2. The summed E-state index contributed by atoms with van der Waals surface area (Å²) in [6, 6.07) is 2.05. The van der Waals surface area contributed by atoms with Gasteiger partial charge >= 0.3 is 0 Å². The first-order valence-electron chi connectivity index (χ1n) is 10.5. The van der Waals surface area contributed by atoms with Gasteiger partial charge in [0.25, 0.3) is 0 Å². The highest BCUT2D eigenvalue weighted by Gasteiger charge is 2.24. The lowest BCUT2D eigenvalue weighted by atomic mass is 10.0. The van der Waals surface area contributed by atoms with Gasteiger partial charge in [-0.1, -0.05) is 0 Å². The van der Waals surface area contributed by atoms with Crippen molar-refractivity contribution < 1.29 is 0 Å². The number of aromatic nitrogens is 3. The number of thiazole rings is 1. The predicted octanol–water partition coefficient (Wildman–Crippen LogP) is 1.89. The van der Waals surface area contributed by atoms with E-state index in [1.807, 2.05) is 23.6 Å². The quantitative estimate of drug-likeness (QED) is 0.781. The third kappa shape index (κ3) is 3.67. The standard InChI is InChI=1S/C20H29N7S/c1-24-8-10-25(11-9-24)18-6-7-21-19(23-18)26-12-14-27(15-13-26)20-22-16-4-2-3-5-17(16)28-20/h6-7H,2-5,8-15H2,1H3. The van der Waals surface area contributed by atoms with Crippen LogP contribution in [0.2, 0.25) is 0 Å². The maximum absolute atomic E-state index is 4.94. The Labute approximate surface area is 171 Å². The van der Waals surface area contributed by atoms with Gasteiger partial charge in [0.1, 0.15) is 5.82 Å². The molecule has 0 spiro atoms. The topological polar surface area (TPSA) is 51.6 Å². The molecule has 2 saturated heterocycles. The van der Waals surface area contributed by atoms with Crippen molar-refractivity contribution in [3.8, 4) is 0 Å². The second-order valence-corrected chi connectivity index (χ2v) is 9.11. The fourth-order valence-corrected chi connectivity index (χ4v) is 5.47. The van der Waals surface area contributed by atoms with Gasteiger partial charge in [-0.2, -0.15) is 4.98 Å². The van der Waals surface area contributed by atoms with Crippen LogP contribution in [-0.4, -0.2) is 79.3 Å². The average Bonchev–Trinajstić information content (AvgIpc) is 3.19. The van der Waals surface area contributed by atoms with Crippen molar-refractivity contribution >= 4 is 28.2 Å². The van der Waals surface area contributed by atoms with E-state index in [0.29, 0.717) is 0 Å². The average molecular weight is 400 g/mol. The lowest BCUT2D eigenvalue weighted by Gasteiger charge is -2.36. The van der Waals surface area contributed by atoms with Crippen molar-refractivity contribution in [2.75, 3.05) is 74.1 Å². The van der Waals surface area contributed by atoms with Crippen molar-refractivity contribution in [1.82, 2.24) is 19.9 Å². The van der Waals surface area contributed by atoms with Gasteiger partial charge < -0.3 is 19.6 Å². The molecule has 28 heavy (non-hydrogen) atoms. The molecular weight excluding hydrogens is 370 g/mol. The van der Waals surface area contributed by atoms with Crippen LogP contribution in [0.1, 0.15) is 23.4 Å². The summed E-state index contributed by atoms with van der Waals surface area (Å²) >= 11 is 1.91. The van der Waals surface area contributed by atoms with E-state index in [0.717, 1.165) is 64.1 Å². The molecule has 7 nitrogen and oxygen atoms in total. The van der Waals surface area contributed by atoms with Gasteiger partial charge in [-0.3, -0.25) is 0 Å². The summed E-state index contributed by atoms with van der Waals surface area (Å²) in [7, 11) is 2.18. The van der Waals surface area contributed by atoms with E-state index >= 15 is 0 Å². The summed E-state index contributed by atoms with van der Waals surface area (Å²) in [6.07, 6.45) is 6.92. The molecule has 0 radical (unpaired) electrons. The molecule has 0 aromatic carbocycles. The molecule has 2 fully saturated rings. The Morgan fingerprint density at radius 3 is 2.32 bits per heavy atom. The van der Waals surface area contributed by atoms with E-state index in [1.54, 1.807) is 0 Å². The molecule has 0 saturated carbocycles. The molecular formula is C20H29N7S. The van der Waals surface area contributed by atoms with Gasteiger partial charge in [0.05, 0.1) is 5.69 Å². The highest BCUT2D eigenvalue weighted by atomic mass is 32.1. The van der Waals surface area contributed by atoms with Crippen LogP contribution in [0.25, 0.3) is 0 Å². The fraction of sp³-hybridized carbons (Fsp3) is 0.650. The Hall–Kier alpha value is -1.93. The molecule has 0 bridgehead atoms. The largest absolute Gasteiger partial charge is 0.354 e. The zero-order valence-electron chi connectivity index (χ0n) is 16.7. The molecule has 2 aromatic rings. The SMILES string of the molecule is CN1CCN(c2ccnc(N3CCN(c4nc5c(s4)CCCC5)CC3)n2)CC1. The van der Waals surface area contributed by atoms with Crippen molar-refractivity contribution in [1.29, 1.82) is 0 Å². The summed E-state index contributed by atoms with van der Waals surface area (Å²) in [5, 5.41) is 1.22. The van der Waals surface area contributed by atoms with Crippen LogP contribution in [0.15, 0.2) is 12.3 Å². The molecule has 2 aromatic heterocycles. The first kappa shape index (κ1) is 18.1. The maximum atomic E-state index is 4.94. The number of nitrogens with zero attached hydrogens (tertiary/aromatic N) is 7. The lowest BCUT2D eigenvalue weighted by molar-refractivity contribution is 0.312. The van der Waals surface area contributed by atoms with Gasteiger partial charge in [0, 0.05) is 63.4 Å². The molecule has 0 amide bonds. The van der Waals surface area contributed by atoms with E-state index in [-0.39, 0.29) is 0 Å². The molecule has 0 unspecified atom stereocenters. The maximum Gasteiger partial charge on any atom is 0.227 e. The summed E-state index contributed by atoms with van der Waals surface area (Å²) in [5.74, 6) is 1.93. The Balaban J connectivity index is 1.23. The van der Waals surface area contributed by atoms with Crippen LogP contribution in [0.3, 0.4) is 0 Å². The normalized spacial score (nSPS) is 21.1. The Morgan fingerprint density at radius 2 is 1.54 bits per heavy atom. The van der Waals surface area contributed by atoms with Crippen molar-refractivity contribution in [3.05, 3.63) is 22.8 Å². The smallest absolute Gasteiger partial charge is 0.227 e. The van der Waals surface area contributed by atoms with Crippen molar-refractivity contribution in [2.45, 2.75) is 25.7 Å². The second-order valence-electron chi connectivity index (χ2n) is 8.05. The number of anilines is 3. The number of piperazine rings is 2. The number of rotatable bonds is 3. The predicted molar refractivity (Wildman–Crippen MR) is 115 cm³/mol. The van der Waals surface area contributed by atoms with Crippen LogP contribution in [0.4, 0.5) is 16.9 Å². The van der Waals surface area contributed by atoms with E-state index in [1.165, 1.54) is 41.4 Å². The van der Waals surface area contributed by atoms with Crippen LogP contribution in [0, 0.1) is 0 Å². The van der Waals surface area contributed by atoms with E-state index in [2.05, 4.69) is 31.6 Å². The molecule has 8 heteroatoms. The van der Waals surface area contributed by atoms with Crippen molar-refractivity contribution in [2.24, 2.45) is 0 Å². The minimum Gasteiger partial charge on any atom is -0.354 e. The van der Waals surface area contributed by atoms with Crippen LogP contribution in [-0.2, 0) is 12.8 Å². The van der Waals surface area contributed by atoms with Crippen LogP contribution >= 0.6 is 11.3 Å².